The van der Waals surface area contributed by atoms with Crippen molar-refractivity contribution in [1.82, 2.24) is 4.90 Å². The minimum Gasteiger partial charge on any atom is -0.396 e. The van der Waals surface area contributed by atoms with E-state index in [-0.39, 0.29) is 12.5 Å². The summed E-state index contributed by atoms with van der Waals surface area (Å²) in [5.41, 5.74) is 1.19. The number of nitriles is 1. The van der Waals surface area contributed by atoms with E-state index in [1.54, 1.807) is 24.3 Å². The maximum absolute atomic E-state index is 12.3. The number of carbonyl (C=O) groups excluding carboxylic acids is 1. The number of nitrogens with zero attached hydrogens (tertiary/aromatic N) is 2. The molecule has 1 unspecified atom stereocenters. The number of amides is 1. The van der Waals surface area contributed by atoms with Crippen LogP contribution in [0, 0.1) is 17.2 Å². The van der Waals surface area contributed by atoms with Gasteiger partial charge in [0, 0.05) is 25.3 Å². The number of carbonyl (C=O) groups is 1. The van der Waals surface area contributed by atoms with Crippen LogP contribution in [0.3, 0.4) is 0 Å². The van der Waals surface area contributed by atoms with Crippen molar-refractivity contribution in [3.63, 3.8) is 0 Å². The molecule has 1 aliphatic heterocycles. The van der Waals surface area contributed by atoms with Crippen LogP contribution < -0.4 is 0 Å². The third-order valence-corrected chi connectivity index (χ3v) is 3.60. The van der Waals surface area contributed by atoms with Crippen LogP contribution in [0.1, 0.15) is 35.2 Å². The monoisotopic (exact) mass is 258 g/mol. The fraction of sp³-hybridized carbons (Fsp3) is 0.467. The minimum absolute atomic E-state index is 0.0205. The van der Waals surface area contributed by atoms with E-state index in [1.807, 2.05) is 11.0 Å². The zero-order chi connectivity index (χ0) is 13.7. The predicted molar refractivity (Wildman–Crippen MR) is 71.5 cm³/mol. The molecule has 1 saturated heterocycles. The van der Waals surface area contributed by atoms with Gasteiger partial charge in [0.1, 0.15) is 0 Å². The van der Waals surface area contributed by atoms with E-state index in [9.17, 15) is 4.79 Å². The van der Waals surface area contributed by atoms with Crippen molar-refractivity contribution < 1.29 is 9.90 Å². The average molecular weight is 258 g/mol. The van der Waals surface area contributed by atoms with E-state index in [0.717, 1.165) is 32.4 Å². The molecule has 1 N–H and O–H groups in total. The van der Waals surface area contributed by atoms with E-state index in [4.69, 9.17) is 10.4 Å². The largest absolute Gasteiger partial charge is 0.396 e. The summed E-state index contributed by atoms with van der Waals surface area (Å²) in [6.45, 7) is 1.68. The van der Waals surface area contributed by atoms with Gasteiger partial charge in [0.15, 0.2) is 0 Å². The summed E-state index contributed by atoms with van der Waals surface area (Å²) in [6, 6.07) is 8.79. The number of aliphatic hydroxyl groups excluding tert-OH is 1. The fourth-order valence-corrected chi connectivity index (χ4v) is 2.54. The molecule has 0 spiro atoms. The highest BCUT2D eigenvalue weighted by atomic mass is 16.3. The Morgan fingerprint density at radius 3 is 2.79 bits per heavy atom. The lowest BCUT2D eigenvalue weighted by Crippen LogP contribution is -2.40. The third-order valence-electron chi connectivity index (χ3n) is 3.60. The Bertz CT molecular complexity index is 474. The summed E-state index contributed by atoms with van der Waals surface area (Å²) in [7, 11) is 0. The molecule has 0 radical (unpaired) electrons. The van der Waals surface area contributed by atoms with Gasteiger partial charge < -0.3 is 10.0 Å². The summed E-state index contributed by atoms with van der Waals surface area (Å²) in [5, 5.41) is 17.7. The molecular formula is C15H18N2O2. The second-order valence-corrected chi connectivity index (χ2v) is 4.96. The molecule has 1 fully saturated rings. The number of piperidine rings is 1. The first kappa shape index (κ1) is 13.6. The fourth-order valence-electron chi connectivity index (χ4n) is 2.54. The molecule has 19 heavy (non-hydrogen) atoms. The summed E-state index contributed by atoms with van der Waals surface area (Å²) in [6.07, 6.45) is 2.83. The summed E-state index contributed by atoms with van der Waals surface area (Å²) >= 11 is 0. The van der Waals surface area contributed by atoms with Gasteiger partial charge >= 0.3 is 0 Å². The van der Waals surface area contributed by atoms with E-state index in [1.165, 1.54) is 0 Å². The third kappa shape index (κ3) is 3.33. The van der Waals surface area contributed by atoms with Crippen LogP contribution in [-0.4, -0.2) is 35.6 Å². The Hall–Kier alpha value is -1.86. The highest BCUT2D eigenvalue weighted by molar-refractivity contribution is 5.94. The quantitative estimate of drug-likeness (QED) is 0.899. The lowest BCUT2D eigenvalue weighted by atomic mass is 9.94. The van der Waals surface area contributed by atoms with Gasteiger partial charge in [0.25, 0.3) is 5.91 Å². The molecule has 0 aliphatic carbocycles. The number of hydrogen-bond donors (Lipinski definition) is 1. The van der Waals surface area contributed by atoms with Gasteiger partial charge in [0.05, 0.1) is 11.6 Å². The van der Waals surface area contributed by atoms with Crippen LogP contribution in [0.25, 0.3) is 0 Å². The zero-order valence-corrected chi connectivity index (χ0v) is 10.9. The topological polar surface area (TPSA) is 64.3 Å². The Labute approximate surface area is 113 Å². The number of hydrogen-bond acceptors (Lipinski definition) is 3. The molecule has 4 nitrogen and oxygen atoms in total. The Morgan fingerprint density at radius 1 is 1.42 bits per heavy atom. The van der Waals surface area contributed by atoms with Crippen molar-refractivity contribution in [3.05, 3.63) is 35.4 Å². The van der Waals surface area contributed by atoms with E-state index >= 15 is 0 Å². The van der Waals surface area contributed by atoms with Crippen LogP contribution in [0.15, 0.2) is 24.3 Å². The maximum atomic E-state index is 12.3. The van der Waals surface area contributed by atoms with Gasteiger partial charge in [0.2, 0.25) is 0 Å². The molecule has 1 aliphatic rings. The molecule has 1 amide bonds. The predicted octanol–water partition coefficient (Wildman–Crippen LogP) is 1.79. The molecule has 1 heterocycles. The summed E-state index contributed by atoms with van der Waals surface area (Å²) in [5.74, 6) is 0.424. The lowest BCUT2D eigenvalue weighted by Gasteiger charge is -2.32. The van der Waals surface area contributed by atoms with Crippen molar-refractivity contribution in [2.24, 2.45) is 5.92 Å². The van der Waals surface area contributed by atoms with Crippen LogP contribution >= 0.6 is 0 Å². The molecule has 1 atom stereocenters. The van der Waals surface area contributed by atoms with E-state index in [0.29, 0.717) is 17.0 Å². The molecule has 0 bridgehead atoms. The van der Waals surface area contributed by atoms with Crippen molar-refractivity contribution >= 4 is 5.91 Å². The number of likely N-dealkylation sites (tertiary alicyclic amines) is 1. The molecule has 0 aromatic heterocycles. The molecule has 100 valence electrons. The molecule has 1 aromatic carbocycles. The number of aliphatic hydroxyl groups is 1. The number of benzene rings is 1. The van der Waals surface area contributed by atoms with Crippen LogP contribution in [0.2, 0.25) is 0 Å². The maximum Gasteiger partial charge on any atom is 0.253 e. The van der Waals surface area contributed by atoms with Crippen molar-refractivity contribution in [3.8, 4) is 6.07 Å². The van der Waals surface area contributed by atoms with Crippen molar-refractivity contribution in [2.45, 2.75) is 19.3 Å². The first-order chi connectivity index (χ1) is 9.24. The number of rotatable bonds is 3. The first-order valence-electron chi connectivity index (χ1n) is 6.65. The smallest absolute Gasteiger partial charge is 0.253 e. The highest BCUT2D eigenvalue weighted by Gasteiger charge is 2.23. The SMILES string of the molecule is N#Cc1ccc(C(=O)N2CCCC(CCO)C2)cc1. The Balaban J connectivity index is 2.04. The Morgan fingerprint density at radius 2 is 2.16 bits per heavy atom. The molecule has 2 rings (SSSR count). The lowest BCUT2D eigenvalue weighted by molar-refractivity contribution is 0.0653. The van der Waals surface area contributed by atoms with E-state index in [2.05, 4.69) is 0 Å². The molecule has 1 aromatic rings. The average Bonchev–Trinajstić information content (AvgIpc) is 2.47. The van der Waals surface area contributed by atoms with Crippen LogP contribution in [0.5, 0.6) is 0 Å². The summed E-state index contributed by atoms with van der Waals surface area (Å²) < 4.78 is 0. The second-order valence-electron chi connectivity index (χ2n) is 4.96. The zero-order valence-electron chi connectivity index (χ0n) is 10.9. The van der Waals surface area contributed by atoms with Crippen LogP contribution in [0.4, 0.5) is 0 Å². The van der Waals surface area contributed by atoms with Crippen LogP contribution in [-0.2, 0) is 0 Å². The minimum atomic E-state index is 0.0205. The van der Waals surface area contributed by atoms with Gasteiger partial charge in [-0.05, 0) is 49.4 Å². The van der Waals surface area contributed by atoms with Gasteiger partial charge in [-0.25, -0.2) is 0 Å². The second kappa shape index (κ2) is 6.35. The molecule has 4 heteroatoms. The summed E-state index contributed by atoms with van der Waals surface area (Å²) in [4.78, 5) is 14.2. The standard InChI is InChI=1S/C15H18N2O2/c16-10-12-3-5-14(6-4-12)15(19)17-8-1-2-13(11-17)7-9-18/h3-6,13,18H,1-2,7-9,11H2. The van der Waals surface area contributed by atoms with Crippen molar-refractivity contribution in [1.29, 1.82) is 5.26 Å². The van der Waals surface area contributed by atoms with Gasteiger partial charge in [-0.1, -0.05) is 0 Å². The van der Waals surface area contributed by atoms with Crippen molar-refractivity contribution in [2.75, 3.05) is 19.7 Å². The van der Waals surface area contributed by atoms with Gasteiger partial charge in [-0.15, -0.1) is 0 Å². The van der Waals surface area contributed by atoms with E-state index < -0.39 is 0 Å². The highest BCUT2D eigenvalue weighted by Crippen LogP contribution is 2.21. The molecule has 0 saturated carbocycles. The molecular weight excluding hydrogens is 240 g/mol. The first-order valence-corrected chi connectivity index (χ1v) is 6.65. The van der Waals surface area contributed by atoms with Gasteiger partial charge in [-0.2, -0.15) is 5.26 Å². The Kier molecular flexibility index (Phi) is 4.53. The van der Waals surface area contributed by atoms with Gasteiger partial charge in [-0.3, -0.25) is 4.79 Å². The normalized spacial score (nSPS) is 18.9.